The molecule has 3 aromatic rings. The molecule has 3 rings (SSSR count). The molecule has 0 aliphatic carbocycles. The molecule has 146 valence electrons. The molecule has 0 saturated carbocycles. The zero-order chi connectivity index (χ0) is 20.3. The van der Waals surface area contributed by atoms with Gasteiger partial charge in [0, 0.05) is 36.6 Å². The molecular weight excluding hydrogens is 355 g/mol. The Hall–Kier alpha value is -2.92. The molecule has 0 aliphatic rings. The SMILES string of the molecule is Cc1ccccc1Cn1c(C)c(CNCc2cccc(F)c2)c(C(=O)O)c1C. The van der Waals surface area contributed by atoms with Gasteiger partial charge in [0.15, 0.2) is 0 Å². The van der Waals surface area contributed by atoms with Crippen molar-refractivity contribution >= 4 is 5.97 Å². The van der Waals surface area contributed by atoms with E-state index >= 15 is 0 Å². The molecule has 0 unspecified atom stereocenters. The van der Waals surface area contributed by atoms with Crippen LogP contribution in [-0.4, -0.2) is 15.6 Å². The Kier molecular flexibility index (Phi) is 5.95. The maximum atomic E-state index is 13.3. The summed E-state index contributed by atoms with van der Waals surface area (Å²) in [5, 5.41) is 13.0. The van der Waals surface area contributed by atoms with Gasteiger partial charge in [0.2, 0.25) is 0 Å². The van der Waals surface area contributed by atoms with Gasteiger partial charge in [0.25, 0.3) is 0 Å². The normalized spacial score (nSPS) is 11.0. The summed E-state index contributed by atoms with van der Waals surface area (Å²) < 4.78 is 15.4. The summed E-state index contributed by atoms with van der Waals surface area (Å²) in [5.74, 6) is -1.20. The van der Waals surface area contributed by atoms with Crippen molar-refractivity contribution in [3.05, 3.63) is 93.6 Å². The summed E-state index contributed by atoms with van der Waals surface area (Å²) in [6.07, 6.45) is 0. The fraction of sp³-hybridized carbons (Fsp3) is 0.261. The number of hydrogen-bond acceptors (Lipinski definition) is 2. The van der Waals surface area contributed by atoms with Gasteiger partial charge in [-0.15, -0.1) is 0 Å². The maximum Gasteiger partial charge on any atom is 0.337 e. The van der Waals surface area contributed by atoms with Gasteiger partial charge in [0.1, 0.15) is 5.82 Å². The number of carbonyl (C=O) groups is 1. The summed E-state index contributed by atoms with van der Waals surface area (Å²) in [6, 6.07) is 14.5. The minimum atomic E-state index is -0.924. The molecule has 1 aromatic heterocycles. The van der Waals surface area contributed by atoms with Crippen LogP contribution >= 0.6 is 0 Å². The van der Waals surface area contributed by atoms with Crippen molar-refractivity contribution in [1.82, 2.24) is 9.88 Å². The molecule has 0 bridgehead atoms. The Balaban J connectivity index is 1.86. The number of rotatable bonds is 7. The monoisotopic (exact) mass is 380 g/mol. The van der Waals surface area contributed by atoms with Crippen molar-refractivity contribution in [2.75, 3.05) is 0 Å². The highest BCUT2D eigenvalue weighted by Crippen LogP contribution is 2.24. The van der Waals surface area contributed by atoms with Gasteiger partial charge in [-0.3, -0.25) is 0 Å². The first-order chi connectivity index (χ1) is 13.4. The third-order valence-corrected chi connectivity index (χ3v) is 5.23. The molecular formula is C23H25FN2O2. The molecule has 0 aliphatic heterocycles. The van der Waals surface area contributed by atoms with Crippen LogP contribution in [0.15, 0.2) is 48.5 Å². The summed E-state index contributed by atoms with van der Waals surface area (Å²) >= 11 is 0. The number of hydrogen-bond donors (Lipinski definition) is 2. The summed E-state index contributed by atoms with van der Waals surface area (Å²) in [6.45, 7) is 7.38. The summed E-state index contributed by atoms with van der Waals surface area (Å²) in [7, 11) is 0. The molecule has 0 saturated heterocycles. The molecule has 28 heavy (non-hydrogen) atoms. The van der Waals surface area contributed by atoms with E-state index in [9.17, 15) is 14.3 Å². The van der Waals surface area contributed by atoms with Gasteiger partial charge in [-0.25, -0.2) is 9.18 Å². The van der Waals surface area contributed by atoms with E-state index in [2.05, 4.69) is 28.9 Å². The minimum Gasteiger partial charge on any atom is -0.478 e. The van der Waals surface area contributed by atoms with Gasteiger partial charge >= 0.3 is 5.97 Å². The number of carboxylic acids is 1. The van der Waals surface area contributed by atoms with Crippen LogP contribution in [0.4, 0.5) is 4.39 Å². The van der Waals surface area contributed by atoms with Gasteiger partial charge in [-0.1, -0.05) is 36.4 Å². The molecule has 0 spiro atoms. The second kappa shape index (κ2) is 8.40. The predicted octanol–water partition coefficient (Wildman–Crippen LogP) is 4.59. The first-order valence-corrected chi connectivity index (χ1v) is 9.30. The van der Waals surface area contributed by atoms with E-state index in [0.717, 1.165) is 22.5 Å². The standard InChI is InChI=1S/C23H25FN2O2/c1-15-7-4-5-9-19(15)14-26-16(2)21(22(17(26)3)23(27)28)13-25-12-18-8-6-10-20(24)11-18/h4-11,25H,12-14H2,1-3H3,(H,27,28). The van der Waals surface area contributed by atoms with Crippen molar-refractivity contribution in [2.24, 2.45) is 0 Å². The number of nitrogens with zero attached hydrogens (tertiary/aromatic N) is 1. The van der Waals surface area contributed by atoms with Crippen molar-refractivity contribution in [3.8, 4) is 0 Å². The Bertz CT molecular complexity index is 1010. The highest BCUT2D eigenvalue weighted by Gasteiger charge is 2.22. The zero-order valence-corrected chi connectivity index (χ0v) is 16.4. The fourth-order valence-electron chi connectivity index (χ4n) is 3.62. The minimum absolute atomic E-state index is 0.276. The van der Waals surface area contributed by atoms with Crippen LogP contribution in [0.2, 0.25) is 0 Å². The van der Waals surface area contributed by atoms with Crippen LogP contribution in [0.25, 0.3) is 0 Å². The van der Waals surface area contributed by atoms with Crippen molar-refractivity contribution in [1.29, 1.82) is 0 Å². The molecule has 5 heteroatoms. The highest BCUT2D eigenvalue weighted by atomic mass is 19.1. The summed E-state index contributed by atoms with van der Waals surface area (Å²) in [4.78, 5) is 11.9. The lowest BCUT2D eigenvalue weighted by molar-refractivity contribution is 0.0694. The number of nitrogens with one attached hydrogen (secondary N) is 1. The van der Waals surface area contributed by atoms with Crippen molar-refractivity contribution in [3.63, 3.8) is 0 Å². The average molecular weight is 380 g/mol. The maximum absolute atomic E-state index is 13.3. The Morgan fingerprint density at radius 3 is 2.46 bits per heavy atom. The Labute approximate surface area is 164 Å². The summed E-state index contributed by atoms with van der Waals surface area (Å²) in [5.41, 5.74) is 5.97. The van der Waals surface area contributed by atoms with E-state index in [4.69, 9.17) is 0 Å². The van der Waals surface area contributed by atoms with Gasteiger partial charge in [-0.2, -0.15) is 0 Å². The molecule has 0 amide bonds. The number of aryl methyl sites for hydroxylation is 1. The van der Waals surface area contributed by atoms with E-state index in [1.54, 1.807) is 6.07 Å². The molecule has 2 N–H and O–H groups in total. The molecule has 2 aromatic carbocycles. The van der Waals surface area contributed by atoms with Gasteiger partial charge in [-0.05, 0) is 49.6 Å². The largest absolute Gasteiger partial charge is 0.478 e. The van der Waals surface area contributed by atoms with E-state index < -0.39 is 5.97 Å². The highest BCUT2D eigenvalue weighted by molar-refractivity contribution is 5.91. The third kappa shape index (κ3) is 4.15. The zero-order valence-electron chi connectivity index (χ0n) is 16.4. The lowest BCUT2D eigenvalue weighted by Crippen LogP contribution is -2.15. The molecule has 0 radical (unpaired) electrons. The van der Waals surface area contributed by atoms with E-state index in [0.29, 0.717) is 25.2 Å². The first-order valence-electron chi connectivity index (χ1n) is 9.30. The smallest absolute Gasteiger partial charge is 0.337 e. The topological polar surface area (TPSA) is 54.3 Å². The van der Waals surface area contributed by atoms with Gasteiger partial charge in [0.05, 0.1) is 5.56 Å². The quantitative estimate of drug-likeness (QED) is 0.630. The van der Waals surface area contributed by atoms with Crippen LogP contribution in [0.5, 0.6) is 0 Å². The first kappa shape index (κ1) is 19.8. The van der Waals surface area contributed by atoms with E-state index in [1.807, 2.05) is 32.0 Å². The third-order valence-electron chi connectivity index (χ3n) is 5.23. The van der Waals surface area contributed by atoms with Crippen molar-refractivity contribution in [2.45, 2.75) is 40.4 Å². The van der Waals surface area contributed by atoms with E-state index in [-0.39, 0.29) is 5.82 Å². The van der Waals surface area contributed by atoms with Crippen LogP contribution in [0.3, 0.4) is 0 Å². The Morgan fingerprint density at radius 2 is 1.79 bits per heavy atom. The van der Waals surface area contributed by atoms with Crippen LogP contribution in [-0.2, 0) is 19.6 Å². The van der Waals surface area contributed by atoms with Crippen molar-refractivity contribution < 1.29 is 14.3 Å². The van der Waals surface area contributed by atoms with Crippen LogP contribution in [0, 0.1) is 26.6 Å². The number of aromatic carboxylic acids is 1. The number of carboxylic acid groups (broad SMARTS) is 1. The number of benzene rings is 2. The fourth-order valence-corrected chi connectivity index (χ4v) is 3.62. The molecule has 1 heterocycles. The number of aromatic nitrogens is 1. The second-order valence-electron chi connectivity index (χ2n) is 7.08. The van der Waals surface area contributed by atoms with Crippen LogP contribution in [0.1, 0.15) is 44.0 Å². The predicted molar refractivity (Wildman–Crippen MR) is 108 cm³/mol. The molecule has 4 nitrogen and oxygen atoms in total. The van der Waals surface area contributed by atoms with Crippen LogP contribution < -0.4 is 5.32 Å². The number of halogens is 1. The van der Waals surface area contributed by atoms with E-state index in [1.165, 1.54) is 23.3 Å². The second-order valence-corrected chi connectivity index (χ2v) is 7.08. The lowest BCUT2D eigenvalue weighted by atomic mass is 10.1. The molecule has 0 atom stereocenters. The average Bonchev–Trinajstić information content (AvgIpc) is 2.88. The molecule has 0 fully saturated rings. The van der Waals surface area contributed by atoms with Gasteiger partial charge < -0.3 is 15.0 Å². The lowest BCUT2D eigenvalue weighted by Gasteiger charge is -2.12. The Morgan fingerprint density at radius 1 is 1.04 bits per heavy atom.